The van der Waals surface area contributed by atoms with Crippen LogP contribution in [0.1, 0.15) is 57.7 Å². The van der Waals surface area contributed by atoms with E-state index in [4.69, 9.17) is 5.11 Å². The molecule has 0 unspecified atom stereocenters. The summed E-state index contributed by atoms with van der Waals surface area (Å²) >= 11 is 0. The van der Waals surface area contributed by atoms with Crippen molar-refractivity contribution in [2.45, 2.75) is 52.9 Å². The molecular formula is C17H24O2. The Labute approximate surface area is 116 Å². The van der Waals surface area contributed by atoms with Crippen molar-refractivity contribution in [3.8, 4) is 0 Å². The third kappa shape index (κ3) is 4.23. The lowest BCUT2D eigenvalue weighted by Gasteiger charge is -2.21. The Morgan fingerprint density at radius 1 is 1.32 bits per heavy atom. The van der Waals surface area contributed by atoms with Crippen LogP contribution in [0.15, 0.2) is 24.3 Å². The van der Waals surface area contributed by atoms with Crippen LogP contribution in [0, 0.1) is 0 Å². The Kier molecular flexibility index (Phi) is 4.93. The lowest BCUT2D eigenvalue weighted by molar-refractivity contribution is -0.135. The Morgan fingerprint density at radius 2 is 1.95 bits per heavy atom. The van der Waals surface area contributed by atoms with Gasteiger partial charge in [0, 0.05) is 0 Å². The molecule has 104 valence electrons. The first-order valence-electron chi connectivity index (χ1n) is 6.78. The molecule has 0 saturated heterocycles. The lowest BCUT2D eigenvalue weighted by atomic mass is 9.83. The molecule has 0 aliphatic carbocycles. The molecular weight excluding hydrogens is 236 g/mol. The molecule has 1 rings (SSSR count). The number of hydrogen-bond acceptors (Lipinski definition) is 1. The molecule has 0 radical (unpaired) electrons. The number of allylic oxidation sites excluding steroid dienone is 1. The summed E-state index contributed by atoms with van der Waals surface area (Å²) in [5, 5.41) is 8.78. The van der Waals surface area contributed by atoms with Gasteiger partial charge in [0.25, 0.3) is 0 Å². The van der Waals surface area contributed by atoms with Crippen molar-refractivity contribution in [1.82, 2.24) is 0 Å². The number of hydrogen-bond donors (Lipinski definition) is 1. The van der Waals surface area contributed by atoms with Crippen molar-refractivity contribution in [3.05, 3.63) is 41.0 Å². The van der Waals surface area contributed by atoms with E-state index >= 15 is 0 Å². The van der Waals surface area contributed by atoms with Crippen LogP contribution in [0.25, 0.3) is 5.57 Å². The highest BCUT2D eigenvalue weighted by Crippen LogP contribution is 2.28. The Morgan fingerprint density at radius 3 is 2.42 bits per heavy atom. The Balaban J connectivity index is 3.23. The molecule has 0 spiro atoms. The van der Waals surface area contributed by atoms with Crippen LogP contribution in [0.4, 0.5) is 0 Å². The minimum absolute atomic E-state index is 0.0781. The molecule has 0 aliphatic heterocycles. The SMILES string of the molecule is CCc1ccc(C(C)(C)C)cc1/C(C)=C/CC(=O)O. The lowest BCUT2D eigenvalue weighted by Crippen LogP contribution is -2.11. The van der Waals surface area contributed by atoms with Gasteiger partial charge in [-0.05, 0) is 41.0 Å². The van der Waals surface area contributed by atoms with E-state index in [0.717, 1.165) is 12.0 Å². The van der Waals surface area contributed by atoms with E-state index in [2.05, 4.69) is 45.9 Å². The number of aryl methyl sites for hydroxylation is 1. The van der Waals surface area contributed by atoms with Crippen molar-refractivity contribution >= 4 is 11.5 Å². The first-order chi connectivity index (χ1) is 8.75. The number of aliphatic carboxylic acids is 1. The maximum atomic E-state index is 10.7. The van der Waals surface area contributed by atoms with E-state index in [-0.39, 0.29) is 11.8 Å². The molecule has 1 aromatic rings. The van der Waals surface area contributed by atoms with Gasteiger partial charge in [0.2, 0.25) is 0 Å². The topological polar surface area (TPSA) is 37.3 Å². The average Bonchev–Trinajstić information content (AvgIpc) is 2.33. The van der Waals surface area contributed by atoms with Gasteiger partial charge in [-0.3, -0.25) is 4.79 Å². The third-order valence-electron chi connectivity index (χ3n) is 3.36. The van der Waals surface area contributed by atoms with E-state index in [1.807, 2.05) is 6.92 Å². The normalized spacial score (nSPS) is 12.6. The second kappa shape index (κ2) is 6.05. The summed E-state index contributed by atoms with van der Waals surface area (Å²) in [5.74, 6) is -0.788. The fraction of sp³-hybridized carbons (Fsp3) is 0.471. The molecule has 0 heterocycles. The van der Waals surface area contributed by atoms with Gasteiger partial charge in [0.1, 0.15) is 0 Å². The quantitative estimate of drug-likeness (QED) is 0.869. The third-order valence-corrected chi connectivity index (χ3v) is 3.36. The molecule has 0 amide bonds. The number of benzene rings is 1. The summed E-state index contributed by atoms with van der Waals surface area (Å²) in [6, 6.07) is 6.54. The van der Waals surface area contributed by atoms with E-state index in [0.29, 0.717) is 0 Å². The van der Waals surface area contributed by atoms with Crippen LogP contribution in [0.3, 0.4) is 0 Å². The molecule has 0 atom stereocenters. The van der Waals surface area contributed by atoms with Crippen molar-refractivity contribution in [2.24, 2.45) is 0 Å². The van der Waals surface area contributed by atoms with Crippen molar-refractivity contribution in [3.63, 3.8) is 0 Å². The standard InChI is InChI=1S/C17H24O2/c1-6-13-8-9-14(17(3,4)5)11-15(13)12(2)7-10-16(18)19/h7-9,11H,6,10H2,1-5H3,(H,18,19)/b12-7+. The summed E-state index contributed by atoms with van der Waals surface area (Å²) in [5.41, 5.74) is 4.88. The molecule has 0 bridgehead atoms. The summed E-state index contributed by atoms with van der Waals surface area (Å²) in [6.07, 6.45) is 2.83. The van der Waals surface area contributed by atoms with Gasteiger partial charge in [-0.15, -0.1) is 0 Å². The average molecular weight is 260 g/mol. The van der Waals surface area contributed by atoms with Crippen molar-refractivity contribution in [1.29, 1.82) is 0 Å². The molecule has 2 heteroatoms. The summed E-state index contributed by atoms with van der Waals surface area (Å²) in [6.45, 7) is 10.7. The predicted octanol–water partition coefficient (Wildman–Crippen LogP) is 4.42. The molecule has 19 heavy (non-hydrogen) atoms. The van der Waals surface area contributed by atoms with Gasteiger partial charge in [-0.1, -0.05) is 52.0 Å². The highest BCUT2D eigenvalue weighted by atomic mass is 16.4. The Bertz CT molecular complexity index is 490. The monoisotopic (exact) mass is 260 g/mol. The fourth-order valence-corrected chi connectivity index (χ4v) is 2.07. The summed E-state index contributed by atoms with van der Waals surface area (Å²) in [7, 11) is 0. The molecule has 0 saturated carbocycles. The molecule has 1 aromatic carbocycles. The van der Waals surface area contributed by atoms with E-state index in [9.17, 15) is 4.79 Å². The second-order valence-corrected chi connectivity index (χ2v) is 5.96. The summed E-state index contributed by atoms with van der Waals surface area (Å²) < 4.78 is 0. The zero-order valence-corrected chi connectivity index (χ0v) is 12.6. The largest absolute Gasteiger partial charge is 0.481 e. The molecule has 0 aromatic heterocycles. The first-order valence-corrected chi connectivity index (χ1v) is 6.78. The van der Waals surface area contributed by atoms with Gasteiger partial charge in [0.05, 0.1) is 6.42 Å². The van der Waals surface area contributed by atoms with E-state index < -0.39 is 5.97 Å². The van der Waals surface area contributed by atoms with E-state index in [1.54, 1.807) is 6.08 Å². The summed E-state index contributed by atoms with van der Waals surface area (Å²) in [4.78, 5) is 10.7. The first kappa shape index (κ1) is 15.5. The minimum Gasteiger partial charge on any atom is -0.481 e. The number of rotatable bonds is 4. The smallest absolute Gasteiger partial charge is 0.307 e. The molecule has 1 N–H and O–H groups in total. The van der Waals surface area contributed by atoms with E-state index in [1.165, 1.54) is 16.7 Å². The maximum Gasteiger partial charge on any atom is 0.307 e. The Hall–Kier alpha value is -1.57. The molecule has 0 aliphatic rings. The van der Waals surface area contributed by atoms with Gasteiger partial charge >= 0.3 is 5.97 Å². The zero-order chi connectivity index (χ0) is 14.6. The van der Waals surface area contributed by atoms with Gasteiger partial charge in [-0.2, -0.15) is 0 Å². The predicted molar refractivity (Wildman–Crippen MR) is 80.4 cm³/mol. The van der Waals surface area contributed by atoms with Crippen LogP contribution in [0.2, 0.25) is 0 Å². The second-order valence-electron chi connectivity index (χ2n) is 5.96. The van der Waals surface area contributed by atoms with Crippen LogP contribution in [0.5, 0.6) is 0 Å². The van der Waals surface area contributed by atoms with Crippen molar-refractivity contribution in [2.75, 3.05) is 0 Å². The number of carboxylic acid groups (broad SMARTS) is 1. The fourth-order valence-electron chi connectivity index (χ4n) is 2.07. The van der Waals surface area contributed by atoms with Crippen molar-refractivity contribution < 1.29 is 9.90 Å². The maximum absolute atomic E-state index is 10.7. The number of carboxylic acids is 1. The number of carbonyl (C=O) groups is 1. The van der Waals surface area contributed by atoms with Crippen LogP contribution in [-0.2, 0) is 16.6 Å². The van der Waals surface area contributed by atoms with Gasteiger partial charge in [-0.25, -0.2) is 0 Å². The van der Waals surface area contributed by atoms with Crippen LogP contribution < -0.4 is 0 Å². The highest BCUT2D eigenvalue weighted by Gasteiger charge is 2.15. The minimum atomic E-state index is -0.788. The van der Waals surface area contributed by atoms with Gasteiger partial charge in [0.15, 0.2) is 0 Å². The van der Waals surface area contributed by atoms with Crippen LogP contribution >= 0.6 is 0 Å². The molecule has 2 nitrogen and oxygen atoms in total. The van der Waals surface area contributed by atoms with Gasteiger partial charge < -0.3 is 5.11 Å². The van der Waals surface area contributed by atoms with Crippen LogP contribution in [-0.4, -0.2) is 11.1 Å². The zero-order valence-electron chi connectivity index (χ0n) is 12.6. The molecule has 0 fully saturated rings. The highest BCUT2D eigenvalue weighted by molar-refractivity contribution is 5.74.